The van der Waals surface area contributed by atoms with E-state index in [1.165, 1.54) is 12.1 Å². The summed E-state index contributed by atoms with van der Waals surface area (Å²) in [6.45, 7) is -2.57. The van der Waals surface area contributed by atoms with E-state index in [9.17, 15) is 8.78 Å². The van der Waals surface area contributed by atoms with Crippen LogP contribution in [-0.4, -0.2) is 13.7 Å². The third kappa shape index (κ3) is 4.49. The molecule has 0 amide bonds. The smallest absolute Gasteiger partial charge is 0.387 e. The molecule has 0 saturated heterocycles. The first kappa shape index (κ1) is 15.4. The van der Waals surface area contributed by atoms with Crippen LogP contribution in [0.5, 0.6) is 11.5 Å². The minimum atomic E-state index is -2.87. The van der Waals surface area contributed by atoms with Crippen molar-refractivity contribution < 1.29 is 18.3 Å². The molecule has 0 heterocycles. The van der Waals surface area contributed by atoms with Gasteiger partial charge in [-0.1, -0.05) is 17.7 Å². The van der Waals surface area contributed by atoms with E-state index in [1.54, 1.807) is 19.2 Å². The number of anilines is 1. The summed E-state index contributed by atoms with van der Waals surface area (Å²) in [5.74, 6) is 0.806. The highest BCUT2D eigenvalue weighted by atomic mass is 35.5. The molecule has 2 aromatic carbocycles. The fraction of sp³-hybridized carbons (Fsp3) is 0.200. The van der Waals surface area contributed by atoms with Gasteiger partial charge in [0.1, 0.15) is 11.5 Å². The molecule has 0 saturated carbocycles. The zero-order chi connectivity index (χ0) is 15.2. The predicted octanol–water partition coefficient (Wildman–Crippen LogP) is 4.56. The van der Waals surface area contributed by atoms with Crippen LogP contribution in [0.2, 0.25) is 5.02 Å². The van der Waals surface area contributed by atoms with E-state index < -0.39 is 6.61 Å². The van der Waals surface area contributed by atoms with E-state index >= 15 is 0 Å². The Kier molecular flexibility index (Phi) is 5.22. The number of methoxy groups -OCH3 is 1. The van der Waals surface area contributed by atoms with Crippen molar-refractivity contribution in [1.29, 1.82) is 0 Å². The van der Waals surface area contributed by atoms with E-state index in [1.807, 2.05) is 18.2 Å². The number of benzene rings is 2. The summed E-state index contributed by atoms with van der Waals surface area (Å²) in [5, 5.41) is 3.57. The van der Waals surface area contributed by atoms with Gasteiger partial charge in [-0.05, 0) is 30.3 Å². The second-order valence-electron chi connectivity index (χ2n) is 4.22. The van der Waals surface area contributed by atoms with Gasteiger partial charge in [-0.2, -0.15) is 8.78 Å². The average molecular weight is 314 g/mol. The highest BCUT2D eigenvalue weighted by molar-refractivity contribution is 6.30. The lowest BCUT2D eigenvalue weighted by Crippen LogP contribution is -2.07. The zero-order valence-electron chi connectivity index (χ0n) is 11.3. The third-order valence-corrected chi connectivity index (χ3v) is 3.03. The number of rotatable bonds is 6. The van der Waals surface area contributed by atoms with Crippen LogP contribution in [0.15, 0.2) is 42.5 Å². The second kappa shape index (κ2) is 7.13. The van der Waals surface area contributed by atoms with Crippen molar-refractivity contribution in [1.82, 2.24) is 0 Å². The van der Waals surface area contributed by atoms with Crippen molar-refractivity contribution in [3.05, 3.63) is 53.1 Å². The maximum atomic E-state index is 12.4. The van der Waals surface area contributed by atoms with E-state index in [2.05, 4.69) is 10.1 Å². The largest absolute Gasteiger partial charge is 0.497 e. The summed E-state index contributed by atoms with van der Waals surface area (Å²) in [6.07, 6.45) is 0. The van der Waals surface area contributed by atoms with Crippen LogP contribution >= 0.6 is 11.6 Å². The molecule has 0 spiro atoms. The van der Waals surface area contributed by atoms with Crippen molar-refractivity contribution in [2.45, 2.75) is 13.2 Å². The topological polar surface area (TPSA) is 30.5 Å². The lowest BCUT2D eigenvalue weighted by molar-refractivity contribution is -0.0504. The average Bonchev–Trinajstić information content (AvgIpc) is 2.47. The van der Waals surface area contributed by atoms with Crippen molar-refractivity contribution >= 4 is 17.3 Å². The molecule has 2 aromatic rings. The first-order valence-electron chi connectivity index (χ1n) is 6.19. The van der Waals surface area contributed by atoms with Crippen LogP contribution in [0, 0.1) is 0 Å². The van der Waals surface area contributed by atoms with Crippen molar-refractivity contribution in [2.24, 2.45) is 0 Å². The van der Waals surface area contributed by atoms with E-state index in [0.29, 0.717) is 22.9 Å². The summed E-state index contributed by atoms with van der Waals surface area (Å²) < 4.78 is 34.3. The lowest BCUT2D eigenvalue weighted by atomic mass is 10.2. The minimum absolute atomic E-state index is 0.102. The molecule has 0 radical (unpaired) electrons. The SMILES string of the molecule is COc1cccc(NCc2cc(Cl)ccc2OC(F)F)c1. The molecule has 0 aliphatic rings. The Bertz CT molecular complexity index is 608. The Morgan fingerprint density at radius 2 is 2.00 bits per heavy atom. The third-order valence-electron chi connectivity index (χ3n) is 2.79. The molecule has 0 aliphatic carbocycles. The van der Waals surface area contributed by atoms with Crippen LogP contribution in [0.25, 0.3) is 0 Å². The number of ether oxygens (including phenoxy) is 2. The number of nitrogens with one attached hydrogen (secondary N) is 1. The van der Waals surface area contributed by atoms with E-state index in [4.69, 9.17) is 16.3 Å². The van der Waals surface area contributed by atoms with Gasteiger partial charge >= 0.3 is 6.61 Å². The number of alkyl halides is 2. The maximum Gasteiger partial charge on any atom is 0.387 e. The van der Waals surface area contributed by atoms with Gasteiger partial charge in [-0.25, -0.2) is 0 Å². The summed E-state index contributed by atoms with van der Waals surface area (Å²) in [7, 11) is 1.57. The predicted molar refractivity (Wildman–Crippen MR) is 78.4 cm³/mol. The van der Waals surface area contributed by atoms with Gasteiger partial charge in [-0.3, -0.25) is 0 Å². The molecule has 3 nitrogen and oxygen atoms in total. The van der Waals surface area contributed by atoms with Crippen LogP contribution in [0.1, 0.15) is 5.56 Å². The van der Waals surface area contributed by atoms with Gasteiger partial charge in [-0.15, -0.1) is 0 Å². The Morgan fingerprint density at radius 1 is 1.19 bits per heavy atom. The molecule has 21 heavy (non-hydrogen) atoms. The van der Waals surface area contributed by atoms with Crippen LogP contribution < -0.4 is 14.8 Å². The quantitative estimate of drug-likeness (QED) is 0.848. The molecule has 2 rings (SSSR count). The molecule has 0 bridgehead atoms. The van der Waals surface area contributed by atoms with Crippen LogP contribution in [0.4, 0.5) is 14.5 Å². The highest BCUT2D eigenvalue weighted by Crippen LogP contribution is 2.26. The lowest BCUT2D eigenvalue weighted by Gasteiger charge is -2.13. The van der Waals surface area contributed by atoms with Crippen LogP contribution in [-0.2, 0) is 6.54 Å². The maximum absolute atomic E-state index is 12.4. The molecule has 0 aromatic heterocycles. The van der Waals surface area contributed by atoms with Gasteiger partial charge in [0.05, 0.1) is 7.11 Å². The molecule has 0 unspecified atom stereocenters. The molecule has 1 N–H and O–H groups in total. The molecular formula is C15H14ClF2NO2. The molecule has 0 aliphatic heterocycles. The molecule has 0 fully saturated rings. The van der Waals surface area contributed by atoms with E-state index in [0.717, 1.165) is 5.69 Å². The molecule has 0 atom stereocenters. The minimum Gasteiger partial charge on any atom is -0.497 e. The summed E-state index contributed by atoms with van der Waals surface area (Å²) >= 11 is 5.89. The Balaban J connectivity index is 2.12. The highest BCUT2D eigenvalue weighted by Gasteiger charge is 2.10. The van der Waals surface area contributed by atoms with Crippen LogP contribution in [0.3, 0.4) is 0 Å². The van der Waals surface area contributed by atoms with Crippen molar-refractivity contribution in [3.63, 3.8) is 0 Å². The fourth-order valence-electron chi connectivity index (χ4n) is 1.83. The van der Waals surface area contributed by atoms with Gasteiger partial charge in [0.15, 0.2) is 0 Å². The summed E-state index contributed by atoms with van der Waals surface area (Å²) in [5.41, 5.74) is 1.35. The van der Waals surface area contributed by atoms with E-state index in [-0.39, 0.29) is 5.75 Å². The monoisotopic (exact) mass is 313 g/mol. The first-order valence-corrected chi connectivity index (χ1v) is 6.57. The Hall–Kier alpha value is -2.01. The summed E-state index contributed by atoms with van der Waals surface area (Å²) in [6, 6.07) is 11.8. The first-order chi connectivity index (χ1) is 10.1. The number of hydrogen-bond acceptors (Lipinski definition) is 3. The van der Waals surface area contributed by atoms with Gasteiger partial charge in [0.25, 0.3) is 0 Å². The number of halogens is 3. The van der Waals surface area contributed by atoms with Gasteiger partial charge in [0, 0.05) is 28.9 Å². The zero-order valence-corrected chi connectivity index (χ0v) is 12.0. The normalized spacial score (nSPS) is 10.5. The van der Waals surface area contributed by atoms with Crippen molar-refractivity contribution in [2.75, 3.05) is 12.4 Å². The standard InChI is InChI=1S/C15H14ClF2NO2/c1-20-13-4-2-3-12(8-13)19-9-10-7-11(16)5-6-14(10)21-15(17)18/h2-8,15,19H,9H2,1H3. The Labute approximate surface area is 126 Å². The fourth-order valence-corrected chi connectivity index (χ4v) is 2.02. The molecule has 6 heteroatoms. The van der Waals surface area contributed by atoms with Crippen molar-refractivity contribution in [3.8, 4) is 11.5 Å². The molecular weight excluding hydrogens is 300 g/mol. The second-order valence-corrected chi connectivity index (χ2v) is 4.65. The summed E-state index contributed by atoms with van der Waals surface area (Å²) in [4.78, 5) is 0. The number of hydrogen-bond donors (Lipinski definition) is 1. The Morgan fingerprint density at radius 3 is 2.71 bits per heavy atom. The van der Waals surface area contributed by atoms with Gasteiger partial charge < -0.3 is 14.8 Å². The van der Waals surface area contributed by atoms with Gasteiger partial charge in [0.2, 0.25) is 0 Å². The molecule has 112 valence electrons.